The molecule has 1 fully saturated rings. The van der Waals surface area contributed by atoms with Crippen LogP contribution in [0.5, 0.6) is 5.75 Å². The Morgan fingerprint density at radius 3 is 2.90 bits per heavy atom. The molecule has 158 valence electrons. The second kappa shape index (κ2) is 9.51. The van der Waals surface area contributed by atoms with Gasteiger partial charge >= 0.3 is 0 Å². The van der Waals surface area contributed by atoms with Gasteiger partial charge in [0, 0.05) is 37.6 Å². The van der Waals surface area contributed by atoms with Crippen LogP contribution in [-0.4, -0.2) is 64.0 Å². The van der Waals surface area contributed by atoms with Crippen molar-refractivity contribution in [1.29, 1.82) is 0 Å². The van der Waals surface area contributed by atoms with Crippen LogP contribution in [0.2, 0.25) is 0 Å². The second-order valence-corrected chi connectivity index (χ2v) is 8.68. The second-order valence-electron chi connectivity index (χ2n) is 7.39. The highest BCUT2D eigenvalue weighted by molar-refractivity contribution is 7.99. The van der Waals surface area contributed by atoms with Crippen LogP contribution in [0, 0.1) is 0 Å². The lowest BCUT2D eigenvalue weighted by atomic mass is 10.1. The lowest BCUT2D eigenvalue weighted by Gasteiger charge is -2.24. The van der Waals surface area contributed by atoms with Gasteiger partial charge in [0.1, 0.15) is 5.75 Å². The number of rotatable bonds is 8. The molecule has 1 saturated heterocycles. The quantitative estimate of drug-likeness (QED) is 0.480. The third-order valence-corrected chi connectivity index (χ3v) is 6.38. The average Bonchev–Trinajstić information content (AvgIpc) is 3.33. The van der Waals surface area contributed by atoms with Crippen molar-refractivity contribution in [3.05, 3.63) is 54.1 Å². The minimum atomic E-state index is -0.261. The summed E-state index contributed by atoms with van der Waals surface area (Å²) in [4.78, 5) is 23.0. The lowest BCUT2D eigenvalue weighted by molar-refractivity contribution is -0.125. The highest BCUT2D eigenvalue weighted by Gasteiger charge is 2.37. The van der Waals surface area contributed by atoms with Crippen LogP contribution >= 0.6 is 11.8 Å². The number of para-hydroxylation sites is 3. The van der Waals surface area contributed by atoms with Crippen molar-refractivity contribution in [2.75, 3.05) is 26.8 Å². The Morgan fingerprint density at radius 2 is 2.10 bits per heavy atom. The summed E-state index contributed by atoms with van der Waals surface area (Å²) in [7, 11) is 1.62. The van der Waals surface area contributed by atoms with Crippen LogP contribution in [0.15, 0.2) is 53.7 Å². The molecule has 0 unspecified atom stereocenters. The van der Waals surface area contributed by atoms with E-state index in [-0.39, 0.29) is 22.9 Å². The lowest BCUT2D eigenvalue weighted by Crippen LogP contribution is -2.43. The van der Waals surface area contributed by atoms with Crippen LogP contribution in [0.4, 0.5) is 0 Å². The topological polar surface area (TPSA) is 90.5 Å². The zero-order chi connectivity index (χ0) is 20.9. The van der Waals surface area contributed by atoms with Crippen molar-refractivity contribution in [3.63, 3.8) is 0 Å². The van der Waals surface area contributed by atoms with Crippen molar-refractivity contribution < 1.29 is 14.6 Å². The molecule has 0 spiro atoms. The smallest absolute Gasteiger partial charge is 0.237 e. The summed E-state index contributed by atoms with van der Waals surface area (Å²) < 4.78 is 5.04. The number of methoxy groups -OCH3 is 1. The van der Waals surface area contributed by atoms with Crippen molar-refractivity contribution >= 4 is 28.7 Å². The summed E-state index contributed by atoms with van der Waals surface area (Å²) in [6, 6.07) is 15.0. The normalized spacial score (nSPS) is 19.4. The van der Waals surface area contributed by atoms with Gasteiger partial charge in [-0.3, -0.25) is 9.69 Å². The van der Waals surface area contributed by atoms with Gasteiger partial charge in [-0.2, -0.15) is 0 Å². The number of likely N-dealkylation sites (tertiary alicyclic amines) is 1. The average molecular weight is 427 g/mol. The Kier molecular flexibility index (Phi) is 6.56. The Hall–Kier alpha value is -2.55. The fraction of sp³-hybridized carbons (Fsp3) is 0.364. The Balaban J connectivity index is 1.48. The number of aromatic nitrogens is 2. The summed E-state index contributed by atoms with van der Waals surface area (Å²) in [5.74, 6) is 0.250. The molecule has 4 rings (SSSR count). The van der Waals surface area contributed by atoms with Gasteiger partial charge in [0.25, 0.3) is 0 Å². The molecule has 2 heterocycles. The maximum atomic E-state index is 12.8. The number of imidazole rings is 1. The molecule has 8 heteroatoms. The largest absolute Gasteiger partial charge is 0.508 e. The number of carbonyl (C=O) groups excluding carboxylic acids is 1. The third kappa shape index (κ3) is 4.77. The van der Waals surface area contributed by atoms with E-state index in [1.165, 1.54) is 0 Å². The molecular weight excluding hydrogens is 400 g/mol. The zero-order valence-electron chi connectivity index (χ0n) is 16.9. The standard InChI is InChI=1S/C22H26N4O3S/c1-29-11-10-23-21(28)19-12-16(14-26(19)13-15-6-2-5-9-20(15)27)30-22-24-17-7-3-4-8-18(17)25-22/h2-9,16,19,27H,10-14H2,1H3,(H,23,28)(H,24,25)/t16-,19+/m1/s1. The first-order valence-electron chi connectivity index (χ1n) is 10.0. The number of amides is 1. The molecule has 2 atom stereocenters. The molecule has 0 bridgehead atoms. The van der Waals surface area contributed by atoms with Crippen molar-refractivity contribution in [2.45, 2.75) is 29.4 Å². The number of thioether (sulfide) groups is 1. The molecule has 1 amide bonds. The molecule has 0 radical (unpaired) electrons. The number of benzene rings is 2. The van der Waals surface area contributed by atoms with Crippen LogP contribution in [0.25, 0.3) is 11.0 Å². The minimum Gasteiger partial charge on any atom is -0.508 e. The molecule has 0 saturated carbocycles. The summed E-state index contributed by atoms with van der Waals surface area (Å²) in [6.45, 7) is 2.22. The van der Waals surface area contributed by atoms with E-state index >= 15 is 0 Å². The van der Waals surface area contributed by atoms with Crippen LogP contribution in [-0.2, 0) is 16.1 Å². The van der Waals surface area contributed by atoms with Gasteiger partial charge in [0.15, 0.2) is 5.16 Å². The van der Waals surface area contributed by atoms with Crippen molar-refractivity contribution in [2.24, 2.45) is 0 Å². The van der Waals surface area contributed by atoms with Crippen LogP contribution < -0.4 is 5.32 Å². The molecular formula is C22H26N4O3S. The zero-order valence-corrected chi connectivity index (χ0v) is 17.7. The number of H-pyrrole nitrogens is 1. The molecule has 30 heavy (non-hydrogen) atoms. The molecule has 1 aliphatic rings. The number of aromatic hydroxyl groups is 1. The van der Waals surface area contributed by atoms with Gasteiger partial charge in [0.05, 0.1) is 23.7 Å². The van der Waals surface area contributed by atoms with E-state index < -0.39 is 0 Å². The number of nitrogens with one attached hydrogen (secondary N) is 2. The van der Waals surface area contributed by atoms with Gasteiger partial charge < -0.3 is 20.1 Å². The van der Waals surface area contributed by atoms with E-state index in [2.05, 4.69) is 20.2 Å². The summed E-state index contributed by atoms with van der Waals surface area (Å²) in [5, 5.41) is 14.2. The van der Waals surface area contributed by atoms with E-state index in [1.807, 2.05) is 36.4 Å². The molecule has 7 nitrogen and oxygen atoms in total. The molecule has 2 aromatic carbocycles. The first kappa shape index (κ1) is 20.7. The van der Waals surface area contributed by atoms with Crippen LogP contribution in [0.1, 0.15) is 12.0 Å². The van der Waals surface area contributed by atoms with Gasteiger partial charge in [-0.05, 0) is 24.6 Å². The van der Waals surface area contributed by atoms with E-state index in [9.17, 15) is 9.90 Å². The van der Waals surface area contributed by atoms with Crippen molar-refractivity contribution in [1.82, 2.24) is 20.2 Å². The predicted octanol–water partition coefficient (Wildman–Crippen LogP) is 2.77. The fourth-order valence-electron chi connectivity index (χ4n) is 3.79. The molecule has 3 N–H and O–H groups in total. The van der Waals surface area contributed by atoms with Crippen LogP contribution in [0.3, 0.4) is 0 Å². The van der Waals surface area contributed by atoms with Gasteiger partial charge in [0.2, 0.25) is 5.91 Å². The highest BCUT2D eigenvalue weighted by atomic mass is 32.2. The number of aromatic amines is 1. The Labute approximate surface area is 179 Å². The summed E-state index contributed by atoms with van der Waals surface area (Å²) in [6.07, 6.45) is 0.716. The molecule has 1 aliphatic heterocycles. The number of phenolic OH excluding ortho intramolecular Hbond substituents is 1. The van der Waals surface area contributed by atoms with E-state index in [0.717, 1.165) is 28.3 Å². The SMILES string of the molecule is COCCNC(=O)[C@@H]1C[C@@H](Sc2nc3ccccc3[nH]2)CN1Cc1ccccc1O. The number of hydrogen-bond donors (Lipinski definition) is 3. The Morgan fingerprint density at radius 1 is 1.30 bits per heavy atom. The monoisotopic (exact) mass is 426 g/mol. The highest BCUT2D eigenvalue weighted by Crippen LogP contribution is 2.34. The fourth-order valence-corrected chi connectivity index (χ4v) is 4.98. The van der Waals surface area contributed by atoms with Gasteiger partial charge in [-0.1, -0.05) is 42.1 Å². The summed E-state index contributed by atoms with van der Waals surface area (Å²) in [5.41, 5.74) is 2.78. The predicted molar refractivity (Wildman–Crippen MR) is 118 cm³/mol. The van der Waals surface area contributed by atoms with Crippen molar-refractivity contribution in [3.8, 4) is 5.75 Å². The number of fused-ring (bicyclic) bond motifs is 1. The first-order chi connectivity index (χ1) is 14.6. The number of nitrogens with zero attached hydrogens (tertiary/aromatic N) is 2. The maximum Gasteiger partial charge on any atom is 0.237 e. The maximum absolute atomic E-state index is 12.8. The molecule has 3 aromatic rings. The molecule has 1 aromatic heterocycles. The third-order valence-electron chi connectivity index (χ3n) is 5.28. The minimum absolute atomic E-state index is 0.00447. The van der Waals surface area contributed by atoms with Gasteiger partial charge in [-0.15, -0.1) is 0 Å². The number of phenols is 1. The van der Waals surface area contributed by atoms with E-state index in [0.29, 0.717) is 26.1 Å². The van der Waals surface area contributed by atoms with E-state index in [4.69, 9.17) is 4.74 Å². The number of ether oxygens (including phenoxy) is 1. The first-order valence-corrected chi connectivity index (χ1v) is 10.9. The number of carbonyl (C=O) groups is 1. The number of hydrogen-bond acceptors (Lipinski definition) is 6. The summed E-state index contributed by atoms with van der Waals surface area (Å²) >= 11 is 1.67. The molecule has 0 aliphatic carbocycles. The van der Waals surface area contributed by atoms with E-state index in [1.54, 1.807) is 31.0 Å². The van der Waals surface area contributed by atoms with Gasteiger partial charge in [-0.25, -0.2) is 4.98 Å². The Bertz CT molecular complexity index is 976.